The molecule has 0 unspecified atom stereocenters. The lowest BCUT2D eigenvalue weighted by Gasteiger charge is -2.34. The molecule has 0 amide bonds. The van der Waals surface area contributed by atoms with Crippen LogP contribution in [0.3, 0.4) is 0 Å². The number of nitrogens with zero attached hydrogens (tertiary/aromatic N) is 6. The molecule has 0 radical (unpaired) electrons. The molecule has 0 aliphatic carbocycles. The monoisotopic (exact) mass is 500 g/mol. The lowest BCUT2D eigenvalue weighted by molar-refractivity contribution is 0.377. The number of sulfonamides is 1. The summed E-state index contributed by atoms with van der Waals surface area (Å²) < 4.78 is 60.8. The van der Waals surface area contributed by atoms with Gasteiger partial charge in [-0.2, -0.15) is 4.31 Å². The van der Waals surface area contributed by atoms with E-state index in [-0.39, 0.29) is 33.5 Å². The lowest BCUT2D eigenvalue weighted by atomic mass is 10.2. The number of benzene rings is 2. The zero-order chi connectivity index (χ0) is 24.6. The van der Waals surface area contributed by atoms with E-state index < -0.39 is 26.6 Å². The van der Waals surface area contributed by atoms with Crippen LogP contribution in [0.4, 0.5) is 14.6 Å². The van der Waals surface area contributed by atoms with E-state index >= 15 is 0 Å². The summed E-state index contributed by atoms with van der Waals surface area (Å²) in [6, 6.07) is 12.3. The predicted molar refractivity (Wildman–Crippen MR) is 125 cm³/mol. The Morgan fingerprint density at radius 2 is 1.57 bits per heavy atom. The molecule has 4 aromatic rings. The number of aromatic nitrogens is 4. The molecule has 3 heterocycles. The average molecular weight is 501 g/mol. The highest BCUT2D eigenvalue weighted by Crippen LogP contribution is 2.27. The highest BCUT2D eigenvalue weighted by molar-refractivity contribution is 7.89. The summed E-state index contributed by atoms with van der Waals surface area (Å²) in [4.78, 5) is 9.92. The molecule has 182 valence electrons. The second kappa shape index (κ2) is 9.12. The second-order valence-electron chi connectivity index (χ2n) is 7.88. The summed E-state index contributed by atoms with van der Waals surface area (Å²) >= 11 is 0. The SMILES string of the molecule is Cc1ncc(N2CCN(S(=O)(=O)c3c(F)cccc3F)CC2)nc1-c1nnc(-c2ccccc2)o1.[HH]. The Hall–Kier alpha value is -3.77. The number of hydrogen-bond donors (Lipinski definition) is 0. The Bertz CT molecular complexity index is 1460. The zero-order valence-electron chi connectivity index (χ0n) is 18.6. The van der Waals surface area contributed by atoms with Crippen LogP contribution in [-0.2, 0) is 10.0 Å². The van der Waals surface area contributed by atoms with Crippen molar-refractivity contribution in [1.82, 2.24) is 24.5 Å². The summed E-state index contributed by atoms with van der Waals surface area (Å²) in [5.41, 5.74) is 1.78. The van der Waals surface area contributed by atoms with E-state index in [1.54, 1.807) is 13.1 Å². The van der Waals surface area contributed by atoms with Gasteiger partial charge in [0, 0.05) is 33.2 Å². The van der Waals surface area contributed by atoms with Gasteiger partial charge in [-0.3, -0.25) is 4.98 Å². The maximum Gasteiger partial charge on any atom is 0.268 e. The summed E-state index contributed by atoms with van der Waals surface area (Å²) in [5.74, 6) is -1.16. The third-order valence-corrected chi connectivity index (χ3v) is 7.62. The molecule has 35 heavy (non-hydrogen) atoms. The number of piperazine rings is 1. The quantitative estimate of drug-likeness (QED) is 0.410. The first-order chi connectivity index (χ1) is 16.8. The molecule has 1 fully saturated rings. The van der Waals surface area contributed by atoms with E-state index in [1.807, 2.05) is 35.2 Å². The van der Waals surface area contributed by atoms with Crippen molar-refractivity contribution in [3.63, 3.8) is 0 Å². The fraction of sp³-hybridized carbons (Fsp3) is 0.217. The van der Waals surface area contributed by atoms with Crippen molar-refractivity contribution in [2.75, 3.05) is 31.1 Å². The molecule has 0 atom stereocenters. The number of anilines is 1. The average Bonchev–Trinajstić information content (AvgIpc) is 3.35. The first kappa shape index (κ1) is 23.0. The van der Waals surface area contributed by atoms with E-state index in [4.69, 9.17) is 4.42 Å². The fourth-order valence-corrected chi connectivity index (χ4v) is 5.36. The Morgan fingerprint density at radius 3 is 2.26 bits per heavy atom. The van der Waals surface area contributed by atoms with Crippen molar-refractivity contribution in [2.45, 2.75) is 11.8 Å². The van der Waals surface area contributed by atoms with E-state index in [2.05, 4.69) is 20.2 Å². The molecule has 0 saturated carbocycles. The van der Waals surface area contributed by atoms with Crippen LogP contribution < -0.4 is 4.90 Å². The van der Waals surface area contributed by atoms with Crippen LogP contribution in [0.25, 0.3) is 23.0 Å². The second-order valence-corrected chi connectivity index (χ2v) is 9.76. The third kappa shape index (κ3) is 4.37. The number of aryl methyl sites for hydroxylation is 1. The highest BCUT2D eigenvalue weighted by Gasteiger charge is 2.33. The predicted octanol–water partition coefficient (Wildman–Crippen LogP) is 3.54. The van der Waals surface area contributed by atoms with Crippen molar-refractivity contribution < 1.29 is 23.0 Å². The summed E-state index contributed by atoms with van der Waals surface area (Å²) in [6.45, 7) is 2.34. The maximum absolute atomic E-state index is 14.1. The van der Waals surface area contributed by atoms with Gasteiger partial charge in [-0.05, 0) is 31.2 Å². The molecule has 1 saturated heterocycles. The molecule has 12 heteroatoms. The molecule has 0 spiro atoms. The van der Waals surface area contributed by atoms with Gasteiger partial charge in [-0.15, -0.1) is 10.2 Å². The molecule has 2 aromatic heterocycles. The number of rotatable bonds is 5. The van der Waals surface area contributed by atoms with Crippen LogP contribution in [0.15, 0.2) is 64.0 Å². The van der Waals surface area contributed by atoms with Crippen molar-refractivity contribution in [1.29, 1.82) is 0 Å². The van der Waals surface area contributed by atoms with Crippen LogP contribution in [0.5, 0.6) is 0 Å². The van der Waals surface area contributed by atoms with Gasteiger partial charge in [-0.25, -0.2) is 22.2 Å². The standard InChI is InChI=1S/C23H20F2N6O3S.H2/c1-15-20(23-29-28-22(34-23)16-6-3-2-4-7-16)27-19(14-26-15)30-10-12-31(13-11-30)35(32,33)21-17(24)8-5-9-18(21)25;/h2-9,14H,10-13H2,1H3;1H. The Morgan fingerprint density at radius 1 is 0.914 bits per heavy atom. The van der Waals surface area contributed by atoms with Gasteiger partial charge < -0.3 is 9.32 Å². The Balaban J connectivity index is 0.00000304. The van der Waals surface area contributed by atoms with E-state index in [9.17, 15) is 17.2 Å². The molecule has 9 nitrogen and oxygen atoms in total. The van der Waals surface area contributed by atoms with Crippen LogP contribution in [0.2, 0.25) is 0 Å². The van der Waals surface area contributed by atoms with Crippen molar-refractivity contribution in [3.05, 3.63) is 72.1 Å². The minimum absolute atomic E-state index is 0. The summed E-state index contributed by atoms with van der Waals surface area (Å²) in [5, 5.41) is 8.20. The lowest BCUT2D eigenvalue weighted by Crippen LogP contribution is -2.49. The van der Waals surface area contributed by atoms with Gasteiger partial charge in [0.25, 0.3) is 5.89 Å². The van der Waals surface area contributed by atoms with Crippen molar-refractivity contribution in [3.8, 4) is 23.0 Å². The maximum atomic E-state index is 14.1. The van der Waals surface area contributed by atoms with Crippen LogP contribution in [-0.4, -0.2) is 59.1 Å². The van der Waals surface area contributed by atoms with Gasteiger partial charge in [0.05, 0.1) is 11.9 Å². The summed E-state index contributed by atoms with van der Waals surface area (Å²) in [6.07, 6.45) is 1.58. The zero-order valence-corrected chi connectivity index (χ0v) is 19.4. The topological polar surface area (TPSA) is 105 Å². The Labute approximate surface area is 201 Å². The van der Waals surface area contributed by atoms with Gasteiger partial charge in [-0.1, -0.05) is 24.3 Å². The molecular formula is C23H22F2N6O3S. The summed E-state index contributed by atoms with van der Waals surface area (Å²) in [7, 11) is -4.32. The molecule has 0 N–H and O–H groups in total. The van der Waals surface area contributed by atoms with Gasteiger partial charge >= 0.3 is 0 Å². The van der Waals surface area contributed by atoms with Crippen LogP contribution in [0.1, 0.15) is 7.12 Å². The third-order valence-electron chi connectivity index (χ3n) is 5.67. The molecule has 5 rings (SSSR count). The first-order valence-electron chi connectivity index (χ1n) is 10.8. The van der Waals surface area contributed by atoms with Gasteiger partial charge in [0.15, 0.2) is 10.6 Å². The van der Waals surface area contributed by atoms with E-state index in [1.165, 1.54) is 0 Å². The fourth-order valence-electron chi connectivity index (χ4n) is 3.83. The van der Waals surface area contributed by atoms with Gasteiger partial charge in [0.2, 0.25) is 15.9 Å². The number of halogens is 2. The van der Waals surface area contributed by atoms with Crippen molar-refractivity contribution >= 4 is 15.8 Å². The van der Waals surface area contributed by atoms with Crippen LogP contribution in [0, 0.1) is 18.6 Å². The van der Waals surface area contributed by atoms with Gasteiger partial charge in [0.1, 0.15) is 17.5 Å². The minimum Gasteiger partial charge on any atom is -0.415 e. The van der Waals surface area contributed by atoms with Crippen LogP contribution >= 0.6 is 0 Å². The smallest absolute Gasteiger partial charge is 0.268 e. The molecular weight excluding hydrogens is 478 g/mol. The normalized spacial score (nSPS) is 14.9. The van der Waals surface area contributed by atoms with E-state index in [0.29, 0.717) is 23.1 Å². The highest BCUT2D eigenvalue weighted by atomic mass is 32.2. The largest absolute Gasteiger partial charge is 0.415 e. The molecule has 1 aliphatic rings. The Kier molecular flexibility index (Phi) is 5.99. The molecule has 0 bridgehead atoms. The molecule has 1 aliphatic heterocycles. The van der Waals surface area contributed by atoms with Crippen molar-refractivity contribution in [2.24, 2.45) is 0 Å². The molecule has 2 aromatic carbocycles. The number of hydrogen-bond acceptors (Lipinski definition) is 8. The van der Waals surface area contributed by atoms with E-state index in [0.717, 1.165) is 28.1 Å². The minimum atomic E-state index is -4.32. The first-order valence-corrected chi connectivity index (χ1v) is 12.2.